The Bertz CT molecular complexity index is 1010. The van der Waals surface area contributed by atoms with Crippen molar-refractivity contribution in [1.82, 2.24) is 10.3 Å². The third kappa shape index (κ3) is 4.67. The van der Waals surface area contributed by atoms with E-state index in [9.17, 15) is 9.18 Å². The molecular weight excluding hydrogens is 454 g/mol. The van der Waals surface area contributed by atoms with Crippen LogP contribution in [0.5, 0.6) is 0 Å². The standard InChI is InChI=1S/C20H14BrCl2FN2O/c1-11-8-13(3-4-15(11)22)20(27)26-19(18-10-14(21)6-7-25-18)12-2-5-16(23)17(24)9-12/h2-10,19H,1H3,(H,26,27). The molecule has 2 aromatic carbocycles. The molecule has 3 aromatic rings. The van der Waals surface area contributed by atoms with Crippen LogP contribution in [0.15, 0.2) is 59.2 Å². The molecule has 0 saturated carbocycles. The maximum atomic E-state index is 14.0. The Kier molecular flexibility index (Phi) is 6.15. The molecule has 0 aliphatic heterocycles. The Morgan fingerprint density at radius 1 is 1.11 bits per heavy atom. The monoisotopic (exact) mass is 466 g/mol. The van der Waals surface area contributed by atoms with Crippen molar-refractivity contribution < 1.29 is 9.18 Å². The second kappa shape index (κ2) is 8.38. The van der Waals surface area contributed by atoms with Crippen molar-refractivity contribution in [1.29, 1.82) is 0 Å². The van der Waals surface area contributed by atoms with Gasteiger partial charge in [0.2, 0.25) is 0 Å². The van der Waals surface area contributed by atoms with Gasteiger partial charge < -0.3 is 5.32 Å². The molecule has 1 unspecified atom stereocenters. The molecule has 1 heterocycles. The summed E-state index contributed by atoms with van der Waals surface area (Å²) in [4.78, 5) is 17.1. The Morgan fingerprint density at radius 2 is 1.85 bits per heavy atom. The van der Waals surface area contributed by atoms with E-state index in [0.717, 1.165) is 10.0 Å². The maximum Gasteiger partial charge on any atom is 0.252 e. The van der Waals surface area contributed by atoms with Gasteiger partial charge in [-0.3, -0.25) is 9.78 Å². The average molecular weight is 468 g/mol. The third-order valence-corrected chi connectivity index (χ3v) is 5.24. The number of benzene rings is 2. The van der Waals surface area contributed by atoms with Crippen LogP contribution in [-0.4, -0.2) is 10.9 Å². The number of pyridine rings is 1. The predicted octanol–water partition coefficient (Wildman–Crippen LogP) is 6.12. The molecule has 0 spiro atoms. The number of carbonyl (C=O) groups excluding carboxylic acids is 1. The number of nitrogens with zero attached hydrogens (tertiary/aromatic N) is 1. The zero-order valence-electron chi connectivity index (χ0n) is 14.1. The van der Waals surface area contributed by atoms with Crippen LogP contribution >= 0.6 is 39.1 Å². The minimum absolute atomic E-state index is 0.0133. The van der Waals surface area contributed by atoms with Crippen LogP contribution in [0.2, 0.25) is 10.0 Å². The lowest BCUT2D eigenvalue weighted by Gasteiger charge is -2.20. The summed E-state index contributed by atoms with van der Waals surface area (Å²) in [5.74, 6) is -0.886. The van der Waals surface area contributed by atoms with Crippen LogP contribution in [-0.2, 0) is 0 Å². The predicted molar refractivity (Wildman–Crippen MR) is 109 cm³/mol. The summed E-state index contributed by atoms with van der Waals surface area (Å²) in [6.07, 6.45) is 1.61. The number of nitrogens with one attached hydrogen (secondary N) is 1. The van der Waals surface area contributed by atoms with Crippen LogP contribution in [0.1, 0.15) is 33.2 Å². The summed E-state index contributed by atoms with van der Waals surface area (Å²) in [7, 11) is 0. The number of hydrogen-bond acceptors (Lipinski definition) is 2. The summed E-state index contributed by atoms with van der Waals surface area (Å²) in [5.41, 5.74) is 2.33. The van der Waals surface area contributed by atoms with E-state index in [1.165, 1.54) is 12.1 Å². The van der Waals surface area contributed by atoms with Crippen LogP contribution in [0.25, 0.3) is 0 Å². The highest BCUT2D eigenvalue weighted by Crippen LogP contribution is 2.27. The lowest BCUT2D eigenvalue weighted by molar-refractivity contribution is 0.0942. The van der Waals surface area contributed by atoms with Gasteiger partial charge in [-0.15, -0.1) is 0 Å². The molecule has 0 bridgehead atoms. The molecule has 138 valence electrons. The van der Waals surface area contributed by atoms with Gasteiger partial charge in [0.25, 0.3) is 5.91 Å². The van der Waals surface area contributed by atoms with E-state index in [-0.39, 0.29) is 10.9 Å². The molecule has 3 nitrogen and oxygen atoms in total. The van der Waals surface area contributed by atoms with E-state index in [2.05, 4.69) is 26.2 Å². The van der Waals surface area contributed by atoms with Gasteiger partial charge in [-0.1, -0.05) is 45.2 Å². The molecule has 3 rings (SSSR count). The summed E-state index contributed by atoms with van der Waals surface area (Å²) >= 11 is 15.2. The van der Waals surface area contributed by atoms with Gasteiger partial charge in [0, 0.05) is 21.3 Å². The first-order valence-corrected chi connectivity index (χ1v) is 9.53. The fourth-order valence-electron chi connectivity index (χ4n) is 2.60. The minimum atomic E-state index is -0.655. The Hall–Kier alpha value is -1.95. The SMILES string of the molecule is Cc1cc(C(=O)NC(c2ccc(Cl)c(F)c2)c2cc(Br)ccn2)ccc1Cl. The maximum absolute atomic E-state index is 14.0. The first-order chi connectivity index (χ1) is 12.8. The molecule has 0 saturated heterocycles. The van der Waals surface area contributed by atoms with Gasteiger partial charge in [-0.2, -0.15) is 0 Å². The van der Waals surface area contributed by atoms with E-state index < -0.39 is 11.9 Å². The number of rotatable bonds is 4. The zero-order valence-corrected chi connectivity index (χ0v) is 17.2. The molecule has 1 amide bonds. The summed E-state index contributed by atoms with van der Waals surface area (Å²) in [6, 6.07) is 12.3. The highest BCUT2D eigenvalue weighted by atomic mass is 79.9. The molecule has 0 aliphatic rings. The van der Waals surface area contributed by atoms with Crippen molar-refractivity contribution in [3.05, 3.63) is 97.4 Å². The molecule has 1 N–H and O–H groups in total. The number of amides is 1. The van der Waals surface area contributed by atoms with Crippen molar-refractivity contribution >= 4 is 45.0 Å². The molecule has 1 aromatic heterocycles. The summed E-state index contributed by atoms with van der Waals surface area (Å²) in [5, 5.41) is 3.50. The second-order valence-corrected chi connectivity index (χ2v) is 7.67. The van der Waals surface area contributed by atoms with Gasteiger partial charge in [-0.05, 0) is 60.5 Å². The Morgan fingerprint density at radius 3 is 2.52 bits per heavy atom. The first kappa shape index (κ1) is 19.8. The van der Waals surface area contributed by atoms with Crippen molar-refractivity contribution in [3.63, 3.8) is 0 Å². The van der Waals surface area contributed by atoms with E-state index in [1.54, 1.807) is 42.6 Å². The molecule has 7 heteroatoms. The van der Waals surface area contributed by atoms with Gasteiger partial charge in [0.05, 0.1) is 16.8 Å². The molecular formula is C20H14BrCl2FN2O. The van der Waals surface area contributed by atoms with E-state index >= 15 is 0 Å². The van der Waals surface area contributed by atoms with Gasteiger partial charge in [-0.25, -0.2) is 4.39 Å². The smallest absolute Gasteiger partial charge is 0.252 e. The fourth-order valence-corrected chi connectivity index (χ4v) is 3.19. The molecule has 0 aliphatic carbocycles. The van der Waals surface area contributed by atoms with Crippen molar-refractivity contribution in [2.45, 2.75) is 13.0 Å². The van der Waals surface area contributed by atoms with Crippen molar-refractivity contribution in [2.24, 2.45) is 0 Å². The van der Waals surface area contributed by atoms with E-state index in [0.29, 0.717) is 21.8 Å². The number of aryl methyl sites for hydroxylation is 1. The highest BCUT2D eigenvalue weighted by Gasteiger charge is 2.21. The van der Waals surface area contributed by atoms with Crippen molar-refractivity contribution in [3.8, 4) is 0 Å². The summed E-state index contributed by atoms with van der Waals surface area (Å²) < 4.78 is 14.8. The number of hydrogen-bond donors (Lipinski definition) is 1. The average Bonchev–Trinajstić information content (AvgIpc) is 2.64. The van der Waals surface area contributed by atoms with Gasteiger partial charge in [0.15, 0.2) is 0 Å². The lowest BCUT2D eigenvalue weighted by atomic mass is 10.0. The number of carbonyl (C=O) groups is 1. The zero-order chi connectivity index (χ0) is 19.6. The van der Waals surface area contributed by atoms with Crippen molar-refractivity contribution in [2.75, 3.05) is 0 Å². The lowest BCUT2D eigenvalue weighted by Crippen LogP contribution is -2.30. The van der Waals surface area contributed by atoms with Crippen LogP contribution in [0.3, 0.4) is 0 Å². The normalized spacial score (nSPS) is 11.9. The number of halogens is 4. The molecule has 0 radical (unpaired) electrons. The Balaban J connectivity index is 2.00. The summed E-state index contributed by atoms with van der Waals surface area (Å²) in [6.45, 7) is 1.82. The van der Waals surface area contributed by atoms with Crippen LogP contribution in [0.4, 0.5) is 4.39 Å². The van der Waals surface area contributed by atoms with E-state index in [4.69, 9.17) is 23.2 Å². The molecule has 1 atom stereocenters. The first-order valence-electron chi connectivity index (χ1n) is 7.98. The van der Waals surface area contributed by atoms with Gasteiger partial charge in [0.1, 0.15) is 5.82 Å². The fraction of sp³-hybridized carbons (Fsp3) is 0.100. The Labute approximate surface area is 174 Å². The number of aromatic nitrogens is 1. The third-order valence-electron chi connectivity index (χ3n) is 4.01. The second-order valence-electron chi connectivity index (χ2n) is 5.94. The van der Waals surface area contributed by atoms with E-state index in [1.807, 2.05) is 6.92 Å². The topological polar surface area (TPSA) is 42.0 Å². The quantitative estimate of drug-likeness (QED) is 0.502. The molecule has 27 heavy (non-hydrogen) atoms. The van der Waals surface area contributed by atoms with Crippen LogP contribution < -0.4 is 5.32 Å². The largest absolute Gasteiger partial charge is 0.340 e. The molecule has 0 fully saturated rings. The highest BCUT2D eigenvalue weighted by molar-refractivity contribution is 9.10. The minimum Gasteiger partial charge on any atom is -0.340 e. The van der Waals surface area contributed by atoms with Gasteiger partial charge >= 0.3 is 0 Å². The van der Waals surface area contributed by atoms with Crippen LogP contribution in [0, 0.1) is 12.7 Å².